The number of benzene rings is 3. The molecule has 40 heavy (non-hydrogen) atoms. The molecule has 0 radical (unpaired) electrons. The Morgan fingerprint density at radius 1 is 0.850 bits per heavy atom. The van der Waals surface area contributed by atoms with Crippen LogP contribution >= 0.6 is 0 Å². The minimum absolute atomic E-state index is 0.279. The molecule has 200 valence electrons. The molecule has 1 aliphatic rings. The lowest BCUT2D eigenvalue weighted by atomic mass is 9.95. The fourth-order valence-electron chi connectivity index (χ4n) is 5.34. The Bertz CT molecular complexity index is 1810. The lowest BCUT2D eigenvalue weighted by molar-refractivity contribution is -0.122. The van der Waals surface area contributed by atoms with Crippen molar-refractivity contribution in [1.82, 2.24) is 19.8 Å². The number of nitrogens with one attached hydrogen (secondary N) is 2. The highest BCUT2D eigenvalue weighted by molar-refractivity contribution is 6.50. The van der Waals surface area contributed by atoms with Crippen molar-refractivity contribution in [2.45, 2.75) is 13.0 Å². The molecule has 0 unspecified atom stereocenters. The Balaban J connectivity index is 1.46. The zero-order valence-electron chi connectivity index (χ0n) is 22.2. The first-order valence-corrected chi connectivity index (χ1v) is 13.1. The average Bonchev–Trinajstić information content (AvgIpc) is 3.61. The van der Waals surface area contributed by atoms with Gasteiger partial charge in [-0.2, -0.15) is 0 Å². The second kappa shape index (κ2) is 10.3. The number of hydrogen-bond donors (Lipinski definition) is 2. The predicted octanol–water partition coefficient (Wildman–Crippen LogP) is 4.86. The standard InChI is InChI=1S/C32H28N4O4/c1-35(2)16-9-17-36-19-25(21-12-6-7-15-26(21)36)28-27(30(37)34-31(28)38)24-18-33-29-22(24)13-8-14-23(29)32(39)40-20-10-4-3-5-11-20/h3-8,10-15,18-19,33H,9,16-17H2,1-2H3,(H,34,37,38). The zero-order valence-corrected chi connectivity index (χ0v) is 22.2. The van der Waals surface area contributed by atoms with E-state index in [1.807, 2.05) is 56.7 Å². The number of nitrogens with zero attached hydrogens (tertiary/aromatic N) is 2. The summed E-state index contributed by atoms with van der Waals surface area (Å²) in [6.45, 7) is 1.70. The topological polar surface area (TPSA) is 96.4 Å². The van der Waals surface area contributed by atoms with Gasteiger partial charge in [-0.1, -0.05) is 48.5 Å². The molecule has 5 aromatic rings. The predicted molar refractivity (Wildman–Crippen MR) is 155 cm³/mol. The molecule has 0 aliphatic carbocycles. The van der Waals surface area contributed by atoms with Crippen LogP contribution in [-0.2, 0) is 16.1 Å². The monoisotopic (exact) mass is 532 g/mol. The molecule has 2 aromatic heterocycles. The van der Waals surface area contributed by atoms with E-state index < -0.39 is 17.8 Å². The summed E-state index contributed by atoms with van der Waals surface area (Å²) < 4.78 is 7.70. The van der Waals surface area contributed by atoms with Gasteiger partial charge in [0.25, 0.3) is 11.8 Å². The minimum Gasteiger partial charge on any atom is -0.423 e. The van der Waals surface area contributed by atoms with Crippen LogP contribution in [0.5, 0.6) is 5.75 Å². The molecule has 2 amide bonds. The molecule has 8 heteroatoms. The van der Waals surface area contributed by atoms with Crippen molar-refractivity contribution in [2.24, 2.45) is 0 Å². The van der Waals surface area contributed by atoms with Gasteiger partial charge in [0, 0.05) is 46.4 Å². The number of hydrogen-bond acceptors (Lipinski definition) is 5. The molecule has 2 N–H and O–H groups in total. The van der Waals surface area contributed by atoms with E-state index in [2.05, 4.69) is 19.8 Å². The molecule has 0 atom stereocenters. The third-order valence-electron chi connectivity index (χ3n) is 7.15. The van der Waals surface area contributed by atoms with E-state index in [9.17, 15) is 14.4 Å². The molecule has 0 spiro atoms. The van der Waals surface area contributed by atoms with Crippen LogP contribution in [0.2, 0.25) is 0 Å². The van der Waals surface area contributed by atoms with Crippen LogP contribution in [0.15, 0.2) is 85.2 Å². The number of H-pyrrole nitrogens is 1. The first kappa shape index (κ1) is 25.3. The molecule has 6 rings (SSSR count). The number of aromatic amines is 1. The number of aryl methyl sites for hydroxylation is 1. The van der Waals surface area contributed by atoms with Crippen LogP contribution in [0, 0.1) is 0 Å². The highest BCUT2D eigenvalue weighted by Gasteiger charge is 2.35. The number of carbonyl (C=O) groups is 3. The zero-order chi connectivity index (χ0) is 27.8. The van der Waals surface area contributed by atoms with Crippen LogP contribution in [0.3, 0.4) is 0 Å². The van der Waals surface area contributed by atoms with Gasteiger partial charge in [-0.25, -0.2) is 4.79 Å². The van der Waals surface area contributed by atoms with E-state index in [0.717, 1.165) is 30.4 Å². The van der Waals surface area contributed by atoms with Crippen LogP contribution in [0.4, 0.5) is 0 Å². The number of amides is 2. The number of imide groups is 1. The van der Waals surface area contributed by atoms with Gasteiger partial charge in [-0.3, -0.25) is 14.9 Å². The van der Waals surface area contributed by atoms with Gasteiger partial charge in [-0.15, -0.1) is 0 Å². The summed E-state index contributed by atoms with van der Waals surface area (Å²) in [5.74, 6) is -0.996. The van der Waals surface area contributed by atoms with E-state index in [4.69, 9.17) is 4.74 Å². The first-order chi connectivity index (χ1) is 19.4. The Morgan fingerprint density at radius 3 is 2.33 bits per heavy atom. The van der Waals surface area contributed by atoms with Gasteiger partial charge in [0.15, 0.2) is 0 Å². The second-order valence-corrected chi connectivity index (χ2v) is 10.1. The van der Waals surface area contributed by atoms with E-state index in [-0.39, 0.29) is 5.57 Å². The molecule has 0 fully saturated rings. The molecule has 3 aromatic carbocycles. The molecule has 0 saturated heterocycles. The molecule has 0 saturated carbocycles. The van der Waals surface area contributed by atoms with Crippen molar-refractivity contribution in [1.29, 1.82) is 0 Å². The summed E-state index contributed by atoms with van der Waals surface area (Å²) in [7, 11) is 4.08. The number of rotatable bonds is 8. The van der Waals surface area contributed by atoms with Crippen molar-refractivity contribution in [3.05, 3.63) is 102 Å². The van der Waals surface area contributed by atoms with Gasteiger partial charge in [0.05, 0.1) is 22.2 Å². The summed E-state index contributed by atoms with van der Waals surface area (Å²) in [6.07, 6.45) is 4.57. The molecule has 0 bridgehead atoms. The van der Waals surface area contributed by atoms with Gasteiger partial charge in [0.1, 0.15) is 5.75 Å². The first-order valence-electron chi connectivity index (χ1n) is 13.1. The number of fused-ring (bicyclic) bond motifs is 2. The SMILES string of the molecule is CN(C)CCCn1cc(C2=C(c3c[nH]c4c(C(=O)Oc5ccccc5)cccc34)C(=O)NC2=O)c2ccccc21. The van der Waals surface area contributed by atoms with Crippen molar-refractivity contribution >= 4 is 50.7 Å². The van der Waals surface area contributed by atoms with Crippen LogP contribution in [-0.4, -0.2) is 52.9 Å². The maximum Gasteiger partial charge on any atom is 0.345 e. The number of carbonyl (C=O) groups excluding carboxylic acids is 3. The van der Waals surface area contributed by atoms with Gasteiger partial charge < -0.3 is 19.2 Å². The summed E-state index contributed by atoms with van der Waals surface area (Å²) in [6, 6.07) is 22.0. The molecule has 8 nitrogen and oxygen atoms in total. The maximum atomic E-state index is 13.3. The maximum absolute atomic E-state index is 13.3. The molecule has 3 heterocycles. The van der Waals surface area contributed by atoms with E-state index >= 15 is 0 Å². The van der Waals surface area contributed by atoms with Crippen LogP contribution < -0.4 is 10.1 Å². The third kappa shape index (κ3) is 4.48. The summed E-state index contributed by atoms with van der Waals surface area (Å²) >= 11 is 0. The summed E-state index contributed by atoms with van der Waals surface area (Å²) in [5, 5.41) is 4.04. The second-order valence-electron chi connectivity index (χ2n) is 10.1. The van der Waals surface area contributed by atoms with E-state index in [1.165, 1.54) is 0 Å². The largest absolute Gasteiger partial charge is 0.423 e. The summed E-state index contributed by atoms with van der Waals surface area (Å²) in [4.78, 5) is 44.9. The van der Waals surface area contributed by atoms with Crippen LogP contribution in [0.1, 0.15) is 27.9 Å². The molecular weight excluding hydrogens is 504 g/mol. The minimum atomic E-state index is -0.521. The Kier molecular flexibility index (Phi) is 6.53. The number of ether oxygens (including phenoxy) is 1. The van der Waals surface area contributed by atoms with Gasteiger partial charge in [-0.05, 0) is 51.3 Å². The lowest BCUT2D eigenvalue weighted by Gasteiger charge is -2.10. The summed E-state index contributed by atoms with van der Waals surface area (Å²) in [5.41, 5.74) is 3.72. The van der Waals surface area contributed by atoms with E-state index in [1.54, 1.807) is 42.6 Å². The van der Waals surface area contributed by atoms with Crippen molar-refractivity contribution < 1.29 is 19.1 Å². The number of para-hydroxylation sites is 3. The van der Waals surface area contributed by atoms with Crippen LogP contribution in [0.25, 0.3) is 33.0 Å². The smallest absolute Gasteiger partial charge is 0.345 e. The fourth-order valence-corrected chi connectivity index (χ4v) is 5.34. The normalized spacial score (nSPS) is 13.6. The molecular formula is C32H28N4O4. The third-order valence-corrected chi connectivity index (χ3v) is 7.15. The highest BCUT2D eigenvalue weighted by Crippen LogP contribution is 2.39. The highest BCUT2D eigenvalue weighted by atomic mass is 16.5. The van der Waals surface area contributed by atoms with Gasteiger partial charge in [0.2, 0.25) is 0 Å². The van der Waals surface area contributed by atoms with E-state index in [0.29, 0.717) is 38.9 Å². The number of esters is 1. The Morgan fingerprint density at radius 2 is 1.55 bits per heavy atom. The van der Waals surface area contributed by atoms with Crippen molar-refractivity contribution in [3.63, 3.8) is 0 Å². The fraction of sp³-hybridized carbons (Fsp3) is 0.156. The van der Waals surface area contributed by atoms with Crippen molar-refractivity contribution in [2.75, 3.05) is 20.6 Å². The quantitative estimate of drug-likeness (QED) is 0.169. The Labute approximate surface area is 230 Å². The Hall–Kier alpha value is -4.95. The van der Waals surface area contributed by atoms with Gasteiger partial charge >= 0.3 is 5.97 Å². The number of aromatic nitrogens is 2. The molecule has 1 aliphatic heterocycles. The average molecular weight is 533 g/mol. The lowest BCUT2D eigenvalue weighted by Crippen LogP contribution is -2.22. The van der Waals surface area contributed by atoms with Crippen molar-refractivity contribution in [3.8, 4) is 5.75 Å².